The molecule has 0 heterocycles. The lowest BCUT2D eigenvalue weighted by molar-refractivity contribution is -0.384. The summed E-state index contributed by atoms with van der Waals surface area (Å²) in [6.07, 6.45) is 0.843. The van der Waals surface area contributed by atoms with Gasteiger partial charge in [-0.15, -0.1) is 0 Å². The zero-order chi connectivity index (χ0) is 14.3. The van der Waals surface area contributed by atoms with E-state index in [9.17, 15) is 10.1 Å². The van der Waals surface area contributed by atoms with Crippen molar-refractivity contribution in [3.63, 3.8) is 0 Å². The molecule has 0 aliphatic carbocycles. The third-order valence-corrected chi connectivity index (χ3v) is 2.40. The van der Waals surface area contributed by atoms with E-state index in [0.717, 1.165) is 13.0 Å². The van der Waals surface area contributed by atoms with Crippen molar-refractivity contribution >= 4 is 17.1 Å². The molecule has 0 saturated carbocycles. The number of nitrogens with one attached hydrogen (secondary N) is 1. The lowest BCUT2D eigenvalue weighted by Gasteiger charge is -2.09. The van der Waals surface area contributed by atoms with Crippen molar-refractivity contribution in [2.24, 2.45) is 5.92 Å². The number of nitrogens with zero attached hydrogens (tertiary/aromatic N) is 1. The average Bonchev–Trinajstić information content (AvgIpc) is 2.32. The Bertz CT molecular complexity index is 422. The fraction of sp³-hybridized carbons (Fsp3) is 0.538. The molecule has 106 valence electrons. The SMILES string of the molecule is CC(C)COCCCNc1cc(N)cc([N+](=O)[O-])c1. The van der Waals surface area contributed by atoms with Crippen LogP contribution in [0.25, 0.3) is 0 Å². The van der Waals surface area contributed by atoms with Crippen molar-refractivity contribution in [2.75, 3.05) is 30.8 Å². The molecule has 0 fully saturated rings. The summed E-state index contributed by atoms with van der Waals surface area (Å²) in [6, 6.07) is 4.50. The van der Waals surface area contributed by atoms with E-state index in [2.05, 4.69) is 19.2 Å². The maximum atomic E-state index is 10.7. The quantitative estimate of drug-likeness (QED) is 0.327. The minimum atomic E-state index is -0.451. The number of nitro groups is 1. The Kier molecular flexibility index (Phi) is 6.08. The molecule has 0 saturated heterocycles. The number of benzene rings is 1. The van der Waals surface area contributed by atoms with Crippen LogP contribution in [-0.2, 0) is 4.74 Å². The normalized spacial score (nSPS) is 10.7. The monoisotopic (exact) mass is 267 g/mol. The zero-order valence-electron chi connectivity index (χ0n) is 11.4. The summed E-state index contributed by atoms with van der Waals surface area (Å²) >= 11 is 0. The largest absolute Gasteiger partial charge is 0.398 e. The maximum Gasteiger partial charge on any atom is 0.273 e. The van der Waals surface area contributed by atoms with Crippen LogP contribution in [0.2, 0.25) is 0 Å². The van der Waals surface area contributed by atoms with Gasteiger partial charge < -0.3 is 15.8 Å². The molecule has 0 unspecified atom stereocenters. The third kappa shape index (κ3) is 6.05. The van der Waals surface area contributed by atoms with Crippen molar-refractivity contribution in [3.8, 4) is 0 Å². The Morgan fingerprint density at radius 1 is 1.42 bits per heavy atom. The van der Waals surface area contributed by atoms with Crippen LogP contribution >= 0.6 is 0 Å². The first-order chi connectivity index (χ1) is 8.99. The summed E-state index contributed by atoms with van der Waals surface area (Å²) in [6.45, 7) is 6.33. The number of ether oxygens (including phenoxy) is 1. The van der Waals surface area contributed by atoms with Crippen molar-refractivity contribution in [1.29, 1.82) is 0 Å². The van der Waals surface area contributed by atoms with Crippen molar-refractivity contribution in [2.45, 2.75) is 20.3 Å². The highest BCUT2D eigenvalue weighted by atomic mass is 16.6. The van der Waals surface area contributed by atoms with Gasteiger partial charge in [0.2, 0.25) is 0 Å². The standard InChI is InChI=1S/C13H21N3O3/c1-10(2)9-19-5-3-4-15-12-6-11(14)7-13(8-12)16(17)18/h6-8,10,15H,3-5,9,14H2,1-2H3. The molecule has 0 radical (unpaired) electrons. The van der Waals surface area contributed by atoms with E-state index >= 15 is 0 Å². The van der Waals surface area contributed by atoms with E-state index in [1.807, 2.05) is 0 Å². The molecule has 0 aliphatic rings. The molecule has 6 heteroatoms. The van der Waals surface area contributed by atoms with Crippen LogP contribution < -0.4 is 11.1 Å². The molecule has 1 aromatic rings. The van der Waals surface area contributed by atoms with Gasteiger partial charge in [-0.2, -0.15) is 0 Å². The Morgan fingerprint density at radius 2 is 2.16 bits per heavy atom. The van der Waals surface area contributed by atoms with Gasteiger partial charge in [0.05, 0.1) is 4.92 Å². The van der Waals surface area contributed by atoms with Crippen LogP contribution in [-0.4, -0.2) is 24.7 Å². The molecular weight excluding hydrogens is 246 g/mol. The number of anilines is 2. The number of hydrogen-bond donors (Lipinski definition) is 2. The molecule has 0 aromatic heterocycles. The fourth-order valence-electron chi connectivity index (χ4n) is 1.57. The molecular formula is C13H21N3O3. The van der Waals surface area contributed by atoms with Crippen LogP contribution in [0.1, 0.15) is 20.3 Å². The number of non-ortho nitro benzene ring substituents is 1. The lowest BCUT2D eigenvalue weighted by Crippen LogP contribution is -2.08. The maximum absolute atomic E-state index is 10.7. The van der Waals surface area contributed by atoms with Gasteiger partial charge >= 0.3 is 0 Å². The Morgan fingerprint density at radius 3 is 2.79 bits per heavy atom. The van der Waals surface area contributed by atoms with Crippen molar-refractivity contribution < 1.29 is 9.66 Å². The number of rotatable bonds is 8. The molecule has 3 N–H and O–H groups in total. The van der Waals surface area contributed by atoms with E-state index in [1.54, 1.807) is 6.07 Å². The zero-order valence-corrected chi connectivity index (χ0v) is 11.4. The van der Waals surface area contributed by atoms with E-state index in [1.165, 1.54) is 12.1 Å². The average molecular weight is 267 g/mol. The molecule has 1 rings (SSSR count). The Labute approximate surface area is 113 Å². The summed E-state index contributed by atoms with van der Waals surface area (Å²) in [5.74, 6) is 0.532. The minimum Gasteiger partial charge on any atom is -0.398 e. The molecule has 19 heavy (non-hydrogen) atoms. The molecule has 6 nitrogen and oxygen atoms in total. The summed E-state index contributed by atoms with van der Waals surface area (Å²) in [5.41, 5.74) is 6.66. The first kappa shape index (κ1) is 15.2. The second-order valence-electron chi connectivity index (χ2n) is 4.82. The number of nitrogen functional groups attached to an aromatic ring is 1. The van der Waals surface area contributed by atoms with Gasteiger partial charge in [-0.25, -0.2) is 0 Å². The predicted octanol–water partition coefficient (Wildman–Crippen LogP) is 2.65. The summed E-state index contributed by atoms with van der Waals surface area (Å²) < 4.78 is 5.45. The fourth-order valence-corrected chi connectivity index (χ4v) is 1.57. The summed E-state index contributed by atoms with van der Waals surface area (Å²) in [4.78, 5) is 10.2. The topological polar surface area (TPSA) is 90.4 Å². The lowest BCUT2D eigenvalue weighted by atomic mass is 10.2. The van der Waals surface area contributed by atoms with Crippen molar-refractivity contribution in [1.82, 2.24) is 0 Å². The molecule has 0 amide bonds. The summed E-state index contributed by atoms with van der Waals surface area (Å²) in [7, 11) is 0. The van der Waals surface area contributed by atoms with Crippen molar-refractivity contribution in [3.05, 3.63) is 28.3 Å². The van der Waals surface area contributed by atoms with Gasteiger partial charge in [0.1, 0.15) is 0 Å². The van der Waals surface area contributed by atoms with Gasteiger partial charge in [-0.3, -0.25) is 10.1 Å². The van der Waals surface area contributed by atoms with Crippen LogP contribution in [0.5, 0.6) is 0 Å². The van der Waals surface area contributed by atoms with Gasteiger partial charge in [0.25, 0.3) is 5.69 Å². The second-order valence-corrected chi connectivity index (χ2v) is 4.82. The smallest absolute Gasteiger partial charge is 0.273 e. The van der Waals surface area contributed by atoms with Crippen LogP contribution in [0.4, 0.5) is 17.1 Å². The van der Waals surface area contributed by atoms with Crippen LogP contribution in [0, 0.1) is 16.0 Å². The Hall–Kier alpha value is -1.82. The van der Waals surface area contributed by atoms with Gasteiger partial charge in [-0.05, 0) is 18.4 Å². The van der Waals surface area contributed by atoms with Gasteiger partial charge in [-0.1, -0.05) is 13.8 Å². The Balaban J connectivity index is 2.35. The molecule has 0 atom stereocenters. The first-order valence-corrected chi connectivity index (χ1v) is 6.35. The minimum absolute atomic E-state index is 0.00134. The molecule has 1 aromatic carbocycles. The van der Waals surface area contributed by atoms with Crippen LogP contribution in [0.3, 0.4) is 0 Å². The van der Waals surface area contributed by atoms with E-state index in [-0.39, 0.29) is 5.69 Å². The highest BCUT2D eigenvalue weighted by Gasteiger charge is 2.07. The van der Waals surface area contributed by atoms with Gasteiger partial charge in [0, 0.05) is 43.3 Å². The number of hydrogen-bond acceptors (Lipinski definition) is 5. The molecule has 0 spiro atoms. The number of nitro benzene ring substituents is 1. The number of nitrogens with two attached hydrogens (primary N) is 1. The van der Waals surface area contributed by atoms with E-state index < -0.39 is 4.92 Å². The van der Waals surface area contributed by atoms with Gasteiger partial charge in [0.15, 0.2) is 0 Å². The second kappa shape index (κ2) is 7.58. The highest BCUT2D eigenvalue weighted by molar-refractivity contribution is 5.61. The summed E-state index contributed by atoms with van der Waals surface area (Å²) in [5, 5.41) is 13.8. The first-order valence-electron chi connectivity index (χ1n) is 6.35. The molecule has 0 bridgehead atoms. The van der Waals surface area contributed by atoms with E-state index in [0.29, 0.717) is 30.4 Å². The third-order valence-electron chi connectivity index (χ3n) is 2.40. The van der Waals surface area contributed by atoms with E-state index in [4.69, 9.17) is 10.5 Å². The predicted molar refractivity (Wildman–Crippen MR) is 76.3 cm³/mol. The molecule has 0 aliphatic heterocycles. The van der Waals surface area contributed by atoms with Crippen LogP contribution in [0.15, 0.2) is 18.2 Å². The highest BCUT2D eigenvalue weighted by Crippen LogP contribution is 2.22.